The number of hydrogen-bond donors (Lipinski definition) is 0. The highest BCUT2D eigenvalue weighted by atomic mass is 35.5. The van der Waals surface area contributed by atoms with Crippen LogP contribution < -0.4 is 0 Å². The lowest BCUT2D eigenvalue weighted by Crippen LogP contribution is -2.37. The molecule has 0 spiro atoms. The predicted octanol–water partition coefficient (Wildman–Crippen LogP) is 5.69. The number of sulfonamides is 2. The Bertz CT molecular complexity index is 1140. The van der Waals surface area contributed by atoms with Gasteiger partial charge in [-0.15, -0.1) is 0 Å². The Balaban J connectivity index is 1.88. The summed E-state index contributed by atoms with van der Waals surface area (Å²) in [5, 5.41) is 0.168. The van der Waals surface area contributed by atoms with Crippen molar-refractivity contribution < 1.29 is 16.8 Å². The Morgan fingerprint density at radius 2 is 0.839 bits per heavy atom. The van der Waals surface area contributed by atoms with E-state index in [1.54, 1.807) is 0 Å². The summed E-state index contributed by atoms with van der Waals surface area (Å²) in [5.74, 6) is 0. The normalized spacial score (nSPS) is 17.0. The third-order valence-corrected chi connectivity index (χ3v) is 10.8. The van der Waals surface area contributed by atoms with E-state index in [1.165, 1.54) is 24.3 Å². The lowest BCUT2D eigenvalue weighted by molar-refractivity contribution is 0.404. The molecule has 0 saturated carbocycles. The molecule has 1 aliphatic heterocycles. The minimum Gasteiger partial charge on any atom is -0.207 e. The van der Waals surface area contributed by atoms with Gasteiger partial charge < -0.3 is 0 Å². The molecule has 0 amide bonds. The van der Waals surface area contributed by atoms with E-state index in [0.717, 1.165) is 8.61 Å². The van der Waals surface area contributed by atoms with Crippen molar-refractivity contribution in [1.29, 1.82) is 0 Å². The zero-order valence-electron chi connectivity index (χ0n) is 15.5. The van der Waals surface area contributed by atoms with Gasteiger partial charge >= 0.3 is 0 Å². The topological polar surface area (TPSA) is 74.8 Å². The summed E-state index contributed by atoms with van der Waals surface area (Å²) in [5.41, 5.74) is 0. The Labute approximate surface area is 210 Å². The van der Waals surface area contributed by atoms with Crippen molar-refractivity contribution in [3.8, 4) is 0 Å². The van der Waals surface area contributed by atoms with Crippen LogP contribution in [0.4, 0.5) is 0 Å². The summed E-state index contributed by atoms with van der Waals surface area (Å²) in [6.45, 7) is -0.0335. The second-order valence-electron chi connectivity index (χ2n) is 6.56. The lowest BCUT2D eigenvalue weighted by atomic mass is 10.4. The zero-order chi connectivity index (χ0) is 23.1. The van der Waals surface area contributed by atoms with Crippen LogP contribution in [0.1, 0.15) is 6.42 Å². The van der Waals surface area contributed by atoms with Crippen molar-refractivity contribution in [3.63, 3.8) is 0 Å². The maximum Gasteiger partial charge on any atom is 0.244 e. The fraction of sp³-hybridized carbons (Fsp3) is 0.294. The van der Waals surface area contributed by atoms with Gasteiger partial charge in [0.25, 0.3) is 0 Å². The minimum atomic E-state index is -4.04. The van der Waals surface area contributed by atoms with Crippen LogP contribution in [0.25, 0.3) is 0 Å². The molecule has 170 valence electrons. The van der Waals surface area contributed by atoms with Crippen molar-refractivity contribution in [2.75, 3.05) is 26.2 Å². The molecule has 0 unspecified atom stereocenters. The molecule has 1 aliphatic rings. The van der Waals surface area contributed by atoms with Crippen molar-refractivity contribution in [2.45, 2.75) is 16.2 Å². The molecular weight excluding hydrogens is 573 g/mol. The van der Waals surface area contributed by atoms with Gasteiger partial charge in [0.2, 0.25) is 20.0 Å². The van der Waals surface area contributed by atoms with Gasteiger partial charge in [0.1, 0.15) is 9.79 Å². The molecule has 1 fully saturated rings. The Kier molecular flexibility index (Phi) is 8.02. The van der Waals surface area contributed by atoms with Crippen molar-refractivity contribution >= 4 is 89.7 Å². The quantitative estimate of drug-likeness (QED) is 0.431. The van der Waals surface area contributed by atoms with E-state index in [4.69, 9.17) is 69.6 Å². The number of benzene rings is 2. The molecule has 0 atom stereocenters. The van der Waals surface area contributed by atoms with Crippen LogP contribution in [0.15, 0.2) is 34.1 Å². The van der Waals surface area contributed by atoms with E-state index in [0.29, 0.717) is 0 Å². The molecule has 2 aromatic carbocycles. The first-order valence-corrected chi connectivity index (χ1v) is 13.8. The second-order valence-corrected chi connectivity index (χ2v) is 12.8. The molecule has 0 N–H and O–H groups in total. The smallest absolute Gasteiger partial charge is 0.207 e. The monoisotopic (exact) mass is 584 g/mol. The second kappa shape index (κ2) is 9.70. The average molecular weight is 587 g/mol. The van der Waals surface area contributed by atoms with Crippen LogP contribution in [0.2, 0.25) is 30.1 Å². The van der Waals surface area contributed by atoms with Crippen LogP contribution >= 0.6 is 69.6 Å². The first-order valence-electron chi connectivity index (χ1n) is 8.65. The fourth-order valence-electron chi connectivity index (χ4n) is 3.03. The molecule has 0 aliphatic carbocycles. The van der Waals surface area contributed by atoms with E-state index in [1.807, 2.05) is 0 Å². The number of halogens is 6. The van der Waals surface area contributed by atoms with E-state index in [9.17, 15) is 16.8 Å². The van der Waals surface area contributed by atoms with Crippen LogP contribution in [0.5, 0.6) is 0 Å². The molecule has 2 aromatic rings. The van der Waals surface area contributed by atoms with Gasteiger partial charge in [-0.25, -0.2) is 16.8 Å². The Morgan fingerprint density at radius 3 is 1.19 bits per heavy atom. The predicted molar refractivity (Wildman–Crippen MR) is 125 cm³/mol. The fourth-order valence-corrected chi connectivity index (χ4v) is 7.92. The van der Waals surface area contributed by atoms with E-state index >= 15 is 0 Å². The van der Waals surface area contributed by atoms with E-state index in [2.05, 4.69) is 0 Å². The molecule has 31 heavy (non-hydrogen) atoms. The van der Waals surface area contributed by atoms with Gasteiger partial charge in [-0.3, -0.25) is 0 Å². The molecule has 0 radical (unpaired) electrons. The summed E-state index contributed by atoms with van der Waals surface area (Å²) >= 11 is 35.8. The summed E-state index contributed by atoms with van der Waals surface area (Å²) in [4.78, 5) is -0.403. The lowest BCUT2D eigenvalue weighted by Gasteiger charge is -2.22. The molecular formula is C17H14Cl6N2O4S2. The van der Waals surface area contributed by atoms with Gasteiger partial charge in [-0.1, -0.05) is 69.6 Å². The minimum absolute atomic E-state index is 0.0397. The maximum atomic E-state index is 13.1. The highest BCUT2D eigenvalue weighted by Crippen LogP contribution is 2.35. The maximum absolute atomic E-state index is 13.1. The number of rotatable bonds is 4. The third kappa shape index (κ3) is 5.24. The first kappa shape index (κ1) is 25.6. The highest BCUT2D eigenvalue weighted by Gasteiger charge is 2.34. The van der Waals surface area contributed by atoms with Crippen molar-refractivity contribution in [1.82, 2.24) is 8.61 Å². The molecule has 1 heterocycles. The molecule has 6 nitrogen and oxygen atoms in total. The van der Waals surface area contributed by atoms with Crippen molar-refractivity contribution in [2.24, 2.45) is 0 Å². The standard InChI is InChI=1S/C17H14Cl6N2O4S2/c18-10-6-14(22)16(8-12(10)20)30(26,27)24-2-1-3-25(5-4-24)31(28,29)17-9-13(21)11(19)7-15(17)23/h6-9H,1-5H2. The zero-order valence-corrected chi connectivity index (χ0v) is 21.6. The third-order valence-electron chi connectivity index (χ3n) is 4.60. The molecule has 0 aromatic heterocycles. The molecule has 0 bridgehead atoms. The van der Waals surface area contributed by atoms with Gasteiger partial charge in [-0.05, 0) is 30.7 Å². The number of hydrogen-bond acceptors (Lipinski definition) is 4. The van der Waals surface area contributed by atoms with Crippen LogP contribution in [-0.2, 0) is 20.0 Å². The van der Waals surface area contributed by atoms with E-state index < -0.39 is 20.0 Å². The van der Waals surface area contributed by atoms with Gasteiger partial charge in [0.15, 0.2) is 0 Å². The first-order chi connectivity index (χ1) is 14.4. The molecule has 3 rings (SSSR count). The summed E-state index contributed by atoms with van der Waals surface area (Å²) in [7, 11) is -8.07. The average Bonchev–Trinajstić information content (AvgIpc) is 2.94. The van der Waals surface area contributed by atoms with Crippen LogP contribution in [0, 0.1) is 0 Å². The summed E-state index contributed by atoms with van der Waals surface area (Å²) in [6.07, 6.45) is 0.246. The summed E-state index contributed by atoms with van der Waals surface area (Å²) in [6, 6.07) is 4.85. The SMILES string of the molecule is O=S(=O)(c1cc(Cl)c(Cl)cc1Cl)N1CCCN(S(=O)(=O)c2cc(Cl)c(Cl)cc2Cl)CC1. The Hall–Kier alpha value is -0.000000000000000278. The summed E-state index contributed by atoms with van der Waals surface area (Å²) < 4.78 is 54.7. The van der Waals surface area contributed by atoms with Gasteiger partial charge in [-0.2, -0.15) is 8.61 Å². The van der Waals surface area contributed by atoms with Crippen molar-refractivity contribution in [3.05, 3.63) is 54.4 Å². The molecule has 14 heteroatoms. The van der Waals surface area contributed by atoms with Crippen LogP contribution in [0.3, 0.4) is 0 Å². The van der Waals surface area contributed by atoms with Crippen LogP contribution in [-0.4, -0.2) is 51.6 Å². The highest BCUT2D eigenvalue weighted by molar-refractivity contribution is 7.89. The largest absolute Gasteiger partial charge is 0.244 e. The van der Waals surface area contributed by atoms with Gasteiger partial charge in [0.05, 0.1) is 30.1 Å². The number of nitrogens with zero attached hydrogens (tertiary/aromatic N) is 2. The van der Waals surface area contributed by atoms with Gasteiger partial charge in [0, 0.05) is 26.2 Å². The Morgan fingerprint density at radius 1 is 0.516 bits per heavy atom. The van der Waals surface area contributed by atoms with E-state index in [-0.39, 0.29) is 72.5 Å². The molecule has 1 saturated heterocycles.